The van der Waals surface area contributed by atoms with E-state index in [1.165, 1.54) is 12.8 Å². The minimum atomic E-state index is 0.133. The molecule has 0 aliphatic carbocycles. The lowest BCUT2D eigenvalue weighted by atomic mass is 10.1. The number of nitrogens with two attached hydrogens (primary N) is 1. The molecule has 0 saturated carbocycles. The van der Waals surface area contributed by atoms with Crippen LogP contribution in [-0.2, 0) is 0 Å². The zero-order valence-corrected chi connectivity index (χ0v) is 11.1. The van der Waals surface area contributed by atoms with Crippen LogP contribution >= 0.6 is 0 Å². The first-order valence-corrected chi connectivity index (χ1v) is 6.27. The molecule has 1 fully saturated rings. The largest absolute Gasteiger partial charge is 0.409 e. The molecule has 98 valence electrons. The first-order chi connectivity index (χ1) is 8.54. The number of aryl methyl sites for hydroxylation is 2. The highest BCUT2D eigenvalue weighted by molar-refractivity contribution is 6.03. The monoisotopic (exact) mass is 248 g/mol. The van der Waals surface area contributed by atoms with Crippen LogP contribution in [0, 0.1) is 13.8 Å². The number of pyridine rings is 1. The van der Waals surface area contributed by atoms with Gasteiger partial charge in [0, 0.05) is 18.3 Å². The van der Waals surface area contributed by atoms with Gasteiger partial charge in [-0.1, -0.05) is 5.16 Å². The van der Waals surface area contributed by atoms with Gasteiger partial charge in [0.25, 0.3) is 0 Å². The molecule has 0 bridgehead atoms. The summed E-state index contributed by atoms with van der Waals surface area (Å²) in [4.78, 5) is 6.72. The van der Waals surface area contributed by atoms with Gasteiger partial charge in [0.15, 0.2) is 5.84 Å². The Morgan fingerprint density at radius 1 is 1.56 bits per heavy atom. The molecule has 18 heavy (non-hydrogen) atoms. The van der Waals surface area contributed by atoms with E-state index in [1.807, 2.05) is 19.9 Å². The van der Waals surface area contributed by atoms with Crippen LogP contribution in [0.4, 0.5) is 5.69 Å². The van der Waals surface area contributed by atoms with Gasteiger partial charge >= 0.3 is 0 Å². The van der Waals surface area contributed by atoms with Gasteiger partial charge in [0.2, 0.25) is 0 Å². The van der Waals surface area contributed by atoms with E-state index in [2.05, 4.69) is 22.0 Å². The molecule has 2 rings (SSSR count). The van der Waals surface area contributed by atoms with Gasteiger partial charge < -0.3 is 15.8 Å². The van der Waals surface area contributed by atoms with Crippen LogP contribution in [-0.4, -0.2) is 28.6 Å². The predicted octanol–water partition coefficient (Wildman–Crippen LogP) is 1.78. The van der Waals surface area contributed by atoms with Crippen LogP contribution in [0.2, 0.25) is 0 Å². The summed E-state index contributed by atoms with van der Waals surface area (Å²) in [7, 11) is 0. The number of anilines is 1. The summed E-state index contributed by atoms with van der Waals surface area (Å²) in [6.45, 7) is 7.07. The Morgan fingerprint density at radius 2 is 2.28 bits per heavy atom. The Hall–Kier alpha value is -1.78. The van der Waals surface area contributed by atoms with E-state index >= 15 is 0 Å². The molecule has 1 aromatic rings. The number of hydrogen-bond acceptors (Lipinski definition) is 4. The molecule has 1 aliphatic rings. The van der Waals surface area contributed by atoms with Crippen molar-refractivity contribution in [2.24, 2.45) is 10.9 Å². The fourth-order valence-electron chi connectivity index (χ4n) is 2.69. The van der Waals surface area contributed by atoms with E-state index in [9.17, 15) is 0 Å². The maximum absolute atomic E-state index is 8.93. The smallest absolute Gasteiger partial charge is 0.174 e. The first-order valence-electron chi connectivity index (χ1n) is 6.27. The van der Waals surface area contributed by atoms with E-state index < -0.39 is 0 Å². The van der Waals surface area contributed by atoms with Gasteiger partial charge in [-0.2, -0.15) is 0 Å². The fourth-order valence-corrected chi connectivity index (χ4v) is 2.69. The lowest BCUT2D eigenvalue weighted by Crippen LogP contribution is -2.30. The second-order valence-corrected chi connectivity index (χ2v) is 4.91. The third-order valence-corrected chi connectivity index (χ3v) is 3.53. The van der Waals surface area contributed by atoms with Crippen LogP contribution < -0.4 is 10.6 Å². The minimum absolute atomic E-state index is 0.133. The number of amidine groups is 1. The van der Waals surface area contributed by atoms with E-state index in [0.717, 1.165) is 29.2 Å². The number of oxime groups is 1. The molecule has 2 heterocycles. The Morgan fingerprint density at radius 3 is 2.83 bits per heavy atom. The summed E-state index contributed by atoms with van der Waals surface area (Å²) in [5, 5.41) is 12.1. The molecule has 1 atom stereocenters. The van der Waals surface area contributed by atoms with Crippen molar-refractivity contribution in [3.8, 4) is 0 Å². The van der Waals surface area contributed by atoms with Crippen molar-refractivity contribution < 1.29 is 5.21 Å². The average molecular weight is 248 g/mol. The van der Waals surface area contributed by atoms with Crippen LogP contribution in [0.25, 0.3) is 0 Å². The van der Waals surface area contributed by atoms with Crippen LogP contribution in [0.3, 0.4) is 0 Å². The molecule has 3 N–H and O–H groups in total. The van der Waals surface area contributed by atoms with E-state index in [0.29, 0.717) is 6.04 Å². The quantitative estimate of drug-likeness (QED) is 0.362. The molecule has 0 spiro atoms. The molecule has 5 nitrogen and oxygen atoms in total. The minimum Gasteiger partial charge on any atom is -0.409 e. The van der Waals surface area contributed by atoms with Gasteiger partial charge in [-0.05, 0) is 39.7 Å². The molecule has 1 aliphatic heterocycles. The van der Waals surface area contributed by atoms with Crippen LogP contribution in [0.5, 0.6) is 0 Å². The summed E-state index contributed by atoms with van der Waals surface area (Å²) < 4.78 is 0. The number of nitrogens with zero attached hydrogens (tertiary/aromatic N) is 3. The van der Waals surface area contributed by atoms with Crippen molar-refractivity contribution in [1.82, 2.24) is 4.98 Å². The molecule has 1 unspecified atom stereocenters. The van der Waals surface area contributed by atoms with E-state index in [4.69, 9.17) is 10.9 Å². The lowest BCUT2D eigenvalue weighted by molar-refractivity contribution is 0.318. The number of rotatable bonds is 2. The normalized spacial score (nSPS) is 20.5. The fraction of sp³-hybridized carbons (Fsp3) is 0.538. The summed E-state index contributed by atoms with van der Waals surface area (Å²) >= 11 is 0. The molecule has 1 saturated heterocycles. The summed E-state index contributed by atoms with van der Waals surface area (Å²) in [6, 6.07) is 2.50. The predicted molar refractivity (Wildman–Crippen MR) is 72.3 cm³/mol. The Labute approximate surface area is 107 Å². The maximum Gasteiger partial charge on any atom is 0.174 e. The zero-order valence-electron chi connectivity index (χ0n) is 11.1. The zero-order chi connectivity index (χ0) is 13.3. The molecular weight excluding hydrogens is 228 g/mol. The number of hydrogen-bond donors (Lipinski definition) is 2. The molecule has 1 aromatic heterocycles. The van der Waals surface area contributed by atoms with E-state index in [-0.39, 0.29) is 5.84 Å². The molecule has 0 amide bonds. The molecule has 5 heteroatoms. The maximum atomic E-state index is 8.93. The average Bonchev–Trinajstić information content (AvgIpc) is 2.73. The molecule has 0 radical (unpaired) electrons. The van der Waals surface area contributed by atoms with Crippen molar-refractivity contribution in [1.29, 1.82) is 0 Å². The number of aromatic nitrogens is 1. The van der Waals surface area contributed by atoms with Gasteiger partial charge in [-0.3, -0.25) is 4.98 Å². The standard InChI is InChI=1S/C13H20N4O/c1-8-7-11(17-6-4-5-9(17)2)12(10(3)15-8)13(14)16-18/h7,9,18H,4-6H2,1-3H3,(H2,14,16). The van der Waals surface area contributed by atoms with E-state index in [1.54, 1.807) is 0 Å². The van der Waals surface area contributed by atoms with Crippen molar-refractivity contribution in [2.75, 3.05) is 11.4 Å². The van der Waals surface area contributed by atoms with Gasteiger partial charge in [-0.15, -0.1) is 0 Å². The Bertz CT molecular complexity index is 484. The Kier molecular flexibility index (Phi) is 3.41. The van der Waals surface area contributed by atoms with Crippen molar-refractivity contribution >= 4 is 11.5 Å². The second kappa shape index (κ2) is 4.84. The third kappa shape index (κ3) is 2.12. The van der Waals surface area contributed by atoms with Crippen molar-refractivity contribution in [2.45, 2.75) is 39.7 Å². The SMILES string of the molecule is Cc1cc(N2CCCC2C)c(/C(N)=N/O)c(C)n1. The highest BCUT2D eigenvalue weighted by Gasteiger charge is 2.25. The third-order valence-electron chi connectivity index (χ3n) is 3.53. The van der Waals surface area contributed by atoms with Crippen LogP contribution in [0.15, 0.2) is 11.2 Å². The van der Waals surface area contributed by atoms with Crippen molar-refractivity contribution in [3.05, 3.63) is 23.0 Å². The lowest BCUT2D eigenvalue weighted by Gasteiger charge is -2.27. The molecule has 0 aromatic carbocycles. The molecular formula is C13H20N4O. The summed E-state index contributed by atoms with van der Waals surface area (Å²) in [6.07, 6.45) is 2.35. The second-order valence-electron chi connectivity index (χ2n) is 4.91. The van der Waals surface area contributed by atoms with Crippen LogP contribution in [0.1, 0.15) is 36.7 Å². The highest BCUT2D eigenvalue weighted by Crippen LogP contribution is 2.30. The van der Waals surface area contributed by atoms with Gasteiger partial charge in [-0.25, -0.2) is 0 Å². The van der Waals surface area contributed by atoms with Gasteiger partial charge in [0.1, 0.15) is 0 Å². The van der Waals surface area contributed by atoms with Crippen molar-refractivity contribution in [3.63, 3.8) is 0 Å². The Balaban J connectivity index is 2.57. The van der Waals surface area contributed by atoms with Gasteiger partial charge in [0.05, 0.1) is 16.9 Å². The first kappa shape index (κ1) is 12.7. The summed E-state index contributed by atoms with van der Waals surface area (Å²) in [5.41, 5.74) is 9.33. The highest BCUT2D eigenvalue weighted by atomic mass is 16.4. The summed E-state index contributed by atoms with van der Waals surface area (Å²) in [5.74, 6) is 0.133. The topological polar surface area (TPSA) is 74.7 Å².